The molecule has 2 aliphatic carbocycles. The SMILES string of the molecule is CC1(CNC2CCc3cc(O)ccc32)CCC1. The van der Waals surface area contributed by atoms with Crippen LogP contribution in [0.4, 0.5) is 0 Å². The summed E-state index contributed by atoms with van der Waals surface area (Å²) < 4.78 is 0. The minimum Gasteiger partial charge on any atom is -0.508 e. The van der Waals surface area contributed by atoms with Crippen molar-refractivity contribution in [3.8, 4) is 5.75 Å². The Labute approximate surface area is 103 Å². The molecule has 17 heavy (non-hydrogen) atoms. The third-order valence-corrected chi connectivity index (χ3v) is 4.54. The average molecular weight is 231 g/mol. The van der Waals surface area contributed by atoms with Crippen LogP contribution in [0.25, 0.3) is 0 Å². The number of aromatic hydroxyl groups is 1. The monoisotopic (exact) mass is 231 g/mol. The molecule has 1 aromatic rings. The van der Waals surface area contributed by atoms with Crippen LogP contribution < -0.4 is 5.32 Å². The standard InChI is InChI=1S/C15H21NO/c1-15(7-2-8-15)10-16-14-6-3-11-9-12(17)4-5-13(11)14/h4-5,9,14,16-17H,2-3,6-8,10H2,1H3. The van der Waals surface area contributed by atoms with Gasteiger partial charge in [0, 0.05) is 12.6 Å². The summed E-state index contributed by atoms with van der Waals surface area (Å²) in [4.78, 5) is 0. The molecule has 1 fully saturated rings. The van der Waals surface area contributed by atoms with Gasteiger partial charge < -0.3 is 10.4 Å². The Morgan fingerprint density at radius 3 is 2.94 bits per heavy atom. The summed E-state index contributed by atoms with van der Waals surface area (Å²) in [6.45, 7) is 3.52. The van der Waals surface area contributed by atoms with E-state index in [2.05, 4.69) is 18.3 Å². The maximum absolute atomic E-state index is 9.47. The third-order valence-electron chi connectivity index (χ3n) is 4.54. The molecule has 1 saturated carbocycles. The van der Waals surface area contributed by atoms with Gasteiger partial charge in [-0.15, -0.1) is 0 Å². The summed E-state index contributed by atoms with van der Waals surface area (Å²) in [5.74, 6) is 0.398. The summed E-state index contributed by atoms with van der Waals surface area (Å²) in [7, 11) is 0. The Morgan fingerprint density at radius 1 is 1.41 bits per heavy atom. The van der Waals surface area contributed by atoms with Crippen LogP contribution in [0.2, 0.25) is 0 Å². The van der Waals surface area contributed by atoms with Gasteiger partial charge in [-0.2, -0.15) is 0 Å². The van der Waals surface area contributed by atoms with Crippen LogP contribution >= 0.6 is 0 Å². The minimum atomic E-state index is 0.398. The van der Waals surface area contributed by atoms with Gasteiger partial charge in [0.1, 0.15) is 5.75 Å². The van der Waals surface area contributed by atoms with Gasteiger partial charge in [-0.3, -0.25) is 0 Å². The molecular formula is C15H21NO. The van der Waals surface area contributed by atoms with Gasteiger partial charge in [0.15, 0.2) is 0 Å². The van der Waals surface area contributed by atoms with Crippen LogP contribution in [0.3, 0.4) is 0 Å². The predicted molar refractivity (Wildman–Crippen MR) is 69.1 cm³/mol. The van der Waals surface area contributed by atoms with E-state index in [0.29, 0.717) is 17.2 Å². The van der Waals surface area contributed by atoms with Crippen LogP contribution in [-0.4, -0.2) is 11.7 Å². The number of hydrogen-bond acceptors (Lipinski definition) is 2. The molecule has 0 amide bonds. The van der Waals surface area contributed by atoms with E-state index < -0.39 is 0 Å². The van der Waals surface area contributed by atoms with Gasteiger partial charge in [-0.05, 0) is 54.4 Å². The smallest absolute Gasteiger partial charge is 0.115 e. The van der Waals surface area contributed by atoms with Gasteiger partial charge in [0.25, 0.3) is 0 Å². The molecule has 1 unspecified atom stereocenters. The number of rotatable bonds is 3. The first-order valence-electron chi connectivity index (χ1n) is 6.72. The highest BCUT2D eigenvalue weighted by atomic mass is 16.3. The molecule has 2 heteroatoms. The van der Waals surface area contributed by atoms with Crippen LogP contribution in [0.1, 0.15) is 49.8 Å². The van der Waals surface area contributed by atoms with Crippen molar-refractivity contribution in [2.24, 2.45) is 5.41 Å². The second kappa shape index (κ2) is 4.02. The summed E-state index contributed by atoms with van der Waals surface area (Å²) in [6, 6.07) is 6.31. The van der Waals surface area contributed by atoms with Crippen LogP contribution in [0, 0.1) is 5.41 Å². The molecule has 1 atom stereocenters. The molecule has 0 aliphatic heterocycles. The second-order valence-corrected chi connectivity index (χ2v) is 6.02. The summed E-state index contributed by atoms with van der Waals surface area (Å²) in [5, 5.41) is 13.2. The molecule has 0 heterocycles. The Hall–Kier alpha value is -1.02. The zero-order valence-electron chi connectivity index (χ0n) is 10.5. The van der Waals surface area contributed by atoms with Crippen molar-refractivity contribution in [1.82, 2.24) is 5.32 Å². The summed E-state index contributed by atoms with van der Waals surface area (Å²) >= 11 is 0. The molecule has 0 spiro atoms. The van der Waals surface area contributed by atoms with E-state index >= 15 is 0 Å². The quantitative estimate of drug-likeness (QED) is 0.837. The topological polar surface area (TPSA) is 32.3 Å². The van der Waals surface area contributed by atoms with Crippen molar-refractivity contribution < 1.29 is 5.11 Å². The van der Waals surface area contributed by atoms with Gasteiger partial charge >= 0.3 is 0 Å². The number of phenolic OH excluding ortho intramolecular Hbond substituents is 1. The van der Waals surface area contributed by atoms with Crippen molar-refractivity contribution in [2.75, 3.05) is 6.54 Å². The highest BCUT2D eigenvalue weighted by molar-refractivity contribution is 5.40. The Morgan fingerprint density at radius 2 is 2.24 bits per heavy atom. The minimum absolute atomic E-state index is 0.398. The lowest BCUT2D eigenvalue weighted by atomic mass is 9.70. The lowest BCUT2D eigenvalue weighted by Crippen LogP contribution is -2.38. The Balaban J connectivity index is 1.67. The molecule has 0 bridgehead atoms. The van der Waals surface area contributed by atoms with E-state index in [4.69, 9.17) is 0 Å². The Kier molecular flexibility index (Phi) is 2.62. The van der Waals surface area contributed by atoms with Gasteiger partial charge in [-0.1, -0.05) is 19.4 Å². The number of fused-ring (bicyclic) bond motifs is 1. The molecule has 0 saturated heterocycles. The van der Waals surface area contributed by atoms with E-state index in [1.165, 1.54) is 36.8 Å². The number of nitrogens with one attached hydrogen (secondary N) is 1. The van der Waals surface area contributed by atoms with Crippen LogP contribution in [0.15, 0.2) is 18.2 Å². The first-order chi connectivity index (χ1) is 8.16. The third kappa shape index (κ3) is 2.06. The van der Waals surface area contributed by atoms with Gasteiger partial charge in [-0.25, -0.2) is 0 Å². The molecular weight excluding hydrogens is 210 g/mol. The van der Waals surface area contributed by atoms with Crippen molar-refractivity contribution in [3.63, 3.8) is 0 Å². The van der Waals surface area contributed by atoms with Crippen LogP contribution in [-0.2, 0) is 6.42 Å². The highest BCUT2D eigenvalue weighted by Crippen LogP contribution is 2.41. The van der Waals surface area contributed by atoms with Crippen molar-refractivity contribution in [2.45, 2.75) is 45.1 Å². The molecule has 2 nitrogen and oxygen atoms in total. The molecule has 0 radical (unpaired) electrons. The zero-order valence-corrected chi connectivity index (χ0v) is 10.5. The number of aryl methyl sites for hydroxylation is 1. The number of hydrogen-bond donors (Lipinski definition) is 2. The fourth-order valence-electron chi connectivity index (χ4n) is 3.14. The fourth-order valence-corrected chi connectivity index (χ4v) is 3.14. The number of benzene rings is 1. The molecule has 0 aromatic heterocycles. The van der Waals surface area contributed by atoms with Crippen molar-refractivity contribution >= 4 is 0 Å². The highest BCUT2D eigenvalue weighted by Gasteiger charge is 2.33. The van der Waals surface area contributed by atoms with Gasteiger partial charge in [0.2, 0.25) is 0 Å². The maximum Gasteiger partial charge on any atom is 0.115 e. The molecule has 2 aliphatic rings. The van der Waals surface area contributed by atoms with Gasteiger partial charge in [0.05, 0.1) is 0 Å². The summed E-state index contributed by atoms with van der Waals surface area (Å²) in [5.41, 5.74) is 3.26. The fraction of sp³-hybridized carbons (Fsp3) is 0.600. The Bertz CT molecular complexity index is 423. The van der Waals surface area contributed by atoms with Crippen molar-refractivity contribution in [3.05, 3.63) is 29.3 Å². The van der Waals surface area contributed by atoms with E-state index in [9.17, 15) is 5.11 Å². The van der Waals surface area contributed by atoms with E-state index in [1.54, 1.807) is 0 Å². The lowest BCUT2D eigenvalue weighted by Gasteiger charge is -2.39. The second-order valence-electron chi connectivity index (χ2n) is 6.02. The molecule has 3 rings (SSSR count). The largest absolute Gasteiger partial charge is 0.508 e. The summed E-state index contributed by atoms with van der Waals surface area (Å²) in [6.07, 6.45) is 6.41. The first-order valence-corrected chi connectivity index (χ1v) is 6.72. The first kappa shape index (κ1) is 11.1. The number of phenols is 1. The maximum atomic E-state index is 9.47. The van der Waals surface area contributed by atoms with E-state index in [1.807, 2.05) is 12.1 Å². The molecule has 1 aromatic carbocycles. The molecule has 92 valence electrons. The molecule has 2 N–H and O–H groups in total. The van der Waals surface area contributed by atoms with Crippen molar-refractivity contribution in [1.29, 1.82) is 0 Å². The zero-order chi connectivity index (χ0) is 11.9. The predicted octanol–water partition coefficient (Wildman–Crippen LogP) is 3.16. The lowest BCUT2D eigenvalue weighted by molar-refractivity contribution is 0.150. The average Bonchev–Trinajstić information content (AvgIpc) is 2.66. The normalized spacial score (nSPS) is 25.4. The van der Waals surface area contributed by atoms with Crippen LogP contribution in [0.5, 0.6) is 5.75 Å². The van der Waals surface area contributed by atoms with E-state index in [0.717, 1.165) is 13.0 Å². The van der Waals surface area contributed by atoms with E-state index in [-0.39, 0.29) is 0 Å².